The van der Waals surface area contributed by atoms with Crippen molar-refractivity contribution in [3.63, 3.8) is 0 Å². The average Bonchev–Trinajstić information content (AvgIpc) is 3.45. The topological polar surface area (TPSA) is 74.6 Å². The molecule has 1 aromatic carbocycles. The fraction of sp³-hybridized carbons (Fsp3) is 0.440. The van der Waals surface area contributed by atoms with Crippen LogP contribution in [0.3, 0.4) is 0 Å². The van der Waals surface area contributed by atoms with E-state index in [1.54, 1.807) is 10.9 Å². The summed E-state index contributed by atoms with van der Waals surface area (Å²) in [7, 11) is 3.93. The number of hydrogen-bond acceptors (Lipinski definition) is 5. The maximum atomic E-state index is 13.5. The largest absolute Gasteiger partial charge is 0.338 e. The van der Waals surface area contributed by atoms with Crippen LogP contribution in [0.15, 0.2) is 36.5 Å². The van der Waals surface area contributed by atoms with Gasteiger partial charge in [-0.3, -0.25) is 19.3 Å². The lowest BCUT2D eigenvalue weighted by Crippen LogP contribution is -2.47. The number of fused-ring (bicyclic) bond motifs is 1. The Balaban J connectivity index is 1.42. The van der Waals surface area contributed by atoms with E-state index in [9.17, 15) is 9.59 Å². The monoisotopic (exact) mass is 446 g/mol. The Labute approximate surface area is 193 Å². The molecule has 0 bridgehead atoms. The number of likely N-dealkylation sites (tertiary alicyclic amines) is 1. The third kappa shape index (κ3) is 3.99. The van der Waals surface area contributed by atoms with Crippen molar-refractivity contribution in [2.75, 3.05) is 46.3 Å². The van der Waals surface area contributed by atoms with Crippen LogP contribution in [0.25, 0.3) is 10.9 Å². The van der Waals surface area contributed by atoms with E-state index in [2.05, 4.69) is 17.0 Å². The van der Waals surface area contributed by atoms with E-state index in [-0.39, 0.29) is 17.7 Å². The van der Waals surface area contributed by atoms with Crippen molar-refractivity contribution in [2.24, 2.45) is 7.05 Å². The van der Waals surface area contributed by atoms with Gasteiger partial charge in [0.1, 0.15) is 0 Å². The first-order valence-electron chi connectivity index (χ1n) is 11.6. The van der Waals surface area contributed by atoms with Gasteiger partial charge in [0, 0.05) is 69.0 Å². The lowest BCUT2D eigenvalue weighted by Gasteiger charge is -2.32. The molecule has 2 amide bonds. The van der Waals surface area contributed by atoms with Crippen LogP contribution in [0.5, 0.6) is 0 Å². The first-order valence-corrected chi connectivity index (χ1v) is 11.6. The number of piperazine rings is 1. The molecule has 8 nitrogen and oxygen atoms in total. The van der Waals surface area contributed by atoms with Gasteiger partial charge in [0.2, 0.25) is 0 Å². The Morgan fingerprint density at radius 2 is 1.67 bits per heavy atom. The molecule has 2 aliphatic rings. The van der Waals surface area contributed by atoms with E-state index in [1.807, 2.05) is 54.1 Å². The van der Waals surface area contributed by atoms with Gasteiger partial charge in [-0.05, 0) is 32.5 Å². The van der Waals surface area contributed by atoms with Crippen LogP contribution in [0.4, 0.5) is 0 Å². The molecule has 2 aromatic heterocycles. The molecular weight excluding hydrogens is 416 g/mol. The highest BCUT2D eigenvalue weighted by molar-refractivity contribution is 6.06. The Hall–Kier alpha value is -3.26. The fourth-order valence-corrected chi connectivity index (χ4v) is 4.83. The quantitative estimate of drug-likeness (QED) is 0.617. The summed E-state index contributed by atoms with van der Waals surface area (Å²) >= 11 is 0. The molecule has 0 unspecified atom stereocenters. The summed E-state index contributed by atoms with van der Waals surface area (Å²) in [5.41, 5.74) is 3.96. The van der Waals surface area contributed by atoms with Gasteiger partial charge in [0.15, 0.2) is 0 Å². The number of aryl methyl sites for hydroxylation is 1. The predicted octanol–water partition coefficient (Wildman–Crippen LogP) is 2.29. The zero-order valence-electron chi connectivity index (χ0n) is 19.5. The van der Waals surface area contributed by atoms with Crippen LogP contribution in [0, 0.1) is 6.92 Å². The minimum atomic E-state index is 0.0117. The van der Waals surface area contributed by atoms with Crippen LogP contribution in [0.1, 0.15) is 44.4 Å². The van der Waals surface area contributed by atoms with E-state index in [1.165, 1.54) is 0 Å². The van der Waals surface area contributed by atoms with Crippen molar-refractivity contribution in [1.82, 2.24) is 29.5 Å². The number of nitrogens with zero attached hydrogens (tertiary/aromatic N) is 6. The molecule has 33 heavy (non-hydrogen) atoms. The second-order valence-electron chi connectivity index (χ2n) is 9.21. The molecule has 1 atom stereocenters. The zero-order valence-corrected chi connectivity index (χ0v) is 19.5. The van der Waals surface area contributed by atoms with Gasteiger partial charge in [-0.1, -0.05) is 18.2 Å². The number of carbonyl (C=O) groups excluding carboxylic acids is 2. The van der Waals surface area contributed by atoms with Gasteiger partial charge < -0.3 is 14.7 Å². The molecule has 0 aliphatic carbocycles. The van der Waals surface area contributed by atoms with Gasteiger partial charge in [0.25, 0.3) is 11.8 Å². The molecule has 2 saturated heterocycles. The Kier molecular flexibility index (Phi) is 5.62. The second kappa shape index (κ2) is 8.59. The standard InChI is InChI=1S/C25H30N6O2/c1-17-21(15-26-29(17)3)25(33)31-9-8-18(16-31)23-14-20(19-6-4-5-7-22(19)27-23)24(32)30-12-10-28(2)11-13-30/h4-7,14-15,18H,8-13,16H2,1-3H3/t18-/m1/s1. The van der Waals surface area contributed by atoms with Crippen LogP contribution >= 0.6 is 0 Å². The van der Waals surface area contributed by atoms with Crippen molar-refractivity contribution in [3.8, 4) is 0 Å². The van der Waals surface area contributed by atoms with Crippen LogP contribution < -0.4 is 0 Å². The van der Waals surface area contributed by atoms with Gasteiger partial charge >= 0.3 is 0 Å². The maximum absolute atomic E-state index is 13.5. The number of hydrogen-bond donors (Lipinski definition) is 0. The summed E-state index contributed by atoms with van der Waals surface area (Å²) in [6.45, 7) is 6.42. The highest BCUT2D eigenvalue weighted by Crippen LogP contribution is 2.31. The highest BCUT2D eigenvalue weighted by Gasteiger charge is 2.31. The lowest BCUT2D eigenvalue weighted by atomic mass is 9.98. The number of benzene rings is 1. The summed E-state index contributed by atoms with van der Waals surface area (Å²) in [5.74, 6) is 0.187. The summed E-state index contributed by atoms with van der Waals surface area (Å²) in [5, 5.41) is 5.10. The van der Waals surface area contributed by atoms with E-state index < -0.39 is 0 Å². The van der Waals surface area contributed by atoms with Gasteiger partial charge in [-0.15, -0.1) is 0 Å². The third-order valence-corrected chi connectivity index (χ3v) is 7.12. The maximum Gasteiger partial charge on any atom is 0.257 e. The van der Waals surface area contributed by atoms with E-state index >= 15 is 0 Å². The second-order valence-corrected chi connectivity index (χ2v) is 9.21. The van der Waals surface area contributed by atoms with Crippen molar-refractivity contribution < 1.29 is 9.59 Å². The molecule has 5 rings (SSSR count). The smallest absolute Gasteiger partial charge is 0.257 e. The summed E-state index contributed by atoms with van der Waals surface area (Å²) in [6, 6.07) is 9.83. The molecule has 172 valence electrons. The SMILES string of the molecule is Cc1c(C(=O)N2CC[C@@H](c3cc(C(=O)N4CCN(C)CC4)c4ccccc4n3)C2)cnn1C. The molecule has 2 aliphatic heterocycles. The number of aromatic nitrogens is 3. The minimum Gasteiger partial charge on any atom is -0.338 e. The van der Waals surface area contributed by atoms with Gasteiger partial charge in [-0.2, -0.15) is 5.10 Å². The lowest BCUT2D eigenvalue weighted by molar-refractivity contribution is 0.0665. The van der Waals surface area contributed by atoms with Crippen molar-refractivity contribution in [3.05, 3.63) is 59.0 Å². The molecule has 2 fully saturated rings. The molecule has 0 N–H and O–H groups in total. The highest BCUT2D eigenvalue weighted by atomic mass is 16.2. The average molecular weight is 447 g/mol. The van der Waals surface area contributed by atoms with E-state index in [0.29, 0.717) is 24.2 Å². The Bertz CT molecular complexity index is 1210. The molecule has 8 heteroatoms. The van der Waals surface area contributed by atoms with Crippen molar-refractivity contribution >= 4 is 22.7 Å². The van der Waals surface area contributed by atoms with Gasteiger partial charge in [0.05, 0.1) is 22.8 Å². The summed E-state index contributed by atoms with van der Waals surface area (Å²) in [6.07, 6.45) is 2.48. The number of para-hydroxylation sites is 1. The van der Waals surface area contributed by atoms with Crippen molar-refractivity contribution in [1.29, 1.82) is 0 Å². The number of carbonyl (C=O) groups is 2. The fourth-order valence-electron chi connectivity index (χ4n) is 4.83. The van der Waals surface area contributed by atoms with Gasteiger partial charge in [-0.25, -0.2) is 0 Å². The van der Waals surface area contributed by atoms with Crippen LogP contribution in [-0.4, -0.2) is 87.6 Å². The Morgan fingerprint density at radius 1 is 0.939 bits per heavy atom. The molecular formula is C25H30N6O2. The van der Waals surface area contributed by atoms with Crippen LogP contribution in [-0.2, 0) is 7.05 Å². The zero-order chi connectivity index (χ0) is 23.1. The van der Waals surface area contributed by atoms with E-state index in [4.69, 9.17) is 4.98 Å². The minimum absolute atomic E-state index is 0.0117. The van der Waals surface area contributed by atoms with Crippen LogP contribution in [0.2, 0.25) is 0 Å². The van der Waals surface area contributed by atoms with Crippen molar-refractivity contribution in [2.45, 2.75) is 19.3 Å². The predicted molar refractivity (Wildman–Crippen MR) is 126 cm³/mol. The van der Waals surface area contributed by atoms with E-state index in [0.717, 1.165) is 54.9 Å². The molecule has 0 saturated carbocycles. The number of pyridine rings is 1. The first-order chi connectivity index (χ1) is 15.9. The molecule has 4 heterocycles. The molecule has 0 spiro atoms. The number of amides is 2. The number of likely N-dealkylation sites (N-methyl/N-ethyl adjacent to an activating group) is 1. The Morgan fingerprint density at radius 3 is 2.39 bits per heavy atom. The summed E-state index contributed by atoms with van der Waals surface area (Å²) < 4.78 is 1.72. The number of rotatable bonds is 3. The molecule has 0 radical (unpaired) electrons. The molecule has 3 aromatic rings. The normalized spacial score (nSPS) is 19.4. The summed E-state index contributed by atoms with van der Waals surface area (Å²) in [4.78, 5) is 37.5. The third-order valence-electron chi connectivity index (χ3n) is 7.12. The first kappa shape index (κ1) is 21.6.